The zero-order valence-electron chi connectivity index (χ0n) is 13.4. The molecule has 20 heavy (non-hydrogen) atoms. The molecule has 1 aliphatic rings. The van der Waals surface area contributed by atoms with E-state index in [0.717, 1.165) is 6.54 Å². The molecule has 0 amide bonds. The molecular weight excluding hydrogens is 246 g/mol. The van der Waals surface area contributed by atoms with Crippen molar-refractivity contribution < 1.29 is 0 Å². The minimum atomic E-state index is 0.350. The average molecular weight is 275 g/mol. The van der Waals surface area contributed by atoms with Crippen molar-refractivity contribution in [1.29, 1.82) is 0 Å². The maximum absolute atomic E-state index is 6.13. The third-order valence-corrected chi connectivity index (χ3v) is 4.70. The van der Waals surface area contributed by atoms with Crippen molar-refractivity contribution in [3.05, 3.63) is 23.4 Å². The maximum atomic E-state index is 6.13. The number of hydrogen-bond donors (Lipinski definition) is 2. The lowest BCUT2D eigenvalue weighted by Gasteiger charge is -2.38. The van der Waals surface area contributed by atoms with Gasteiger partial charge in [0.2, 0.25) is 0 Å². The van der Waals surface area contributed by atoms with Gasteiger partial charge < -0.3 is 11.1 Å². The second kappa shape index (κ2) is 6.13. The van der Waals surface area contributed by atoms with E-state index in [0.29, 0.717) is 23.2 Å². The molecule has 1 heterocycles. The van der Waals surface area contributed by atoms with E-state index in [4.69, 9.17) is 5.73 Å². The molecule has 0 radical (unpaired) electrons. The molecule has 1 aromatic heterocycles. The van der Waals surface area contributed by atoms with Crippen molar-refractivity contribution in [2.75, 3.05) is 12.3 Å². The number of nitrogen functional groups attached to an aromatic ring is 1. The third kappa shape index (κ3) is 3.51. The first kappa shape index (κ1) is 15.3. The fraction of sp³-hybridized carbons (Fsp3) is 0.706. The highest BCUT2D eigenvalue weighted by molar-refractivity contribution is 5.43. The van der Waals surface area contributed by atoms with E-state index in [2.05, 4.69) is 44.1 Å². The number of nitrogens with zero attached hydrogens (tertiary/aromatic N) is 1. The summed E-state index contributed by atoms with van der Waals surface area (Å²) in [4.78, 5) is 4.34. The van der Waals surface area contributed by atoms with Gasteiger partial charge in [0.15, 0.2) is 0 Å². The molecule has 0 spiro atoms. The molecule has 3 heteroatoms. The highest BCUT2D eigenvalue weighted by atomic mass is 14.9. The summed E-state index contributed by atoms with van der Waals surface area (Å²) in [6.45, 7) is 9.99. The van der Waals surface area contributed by atoms with Crippen LogP contribution in [-0.2, 0) is 0 Å². The Morgan fingerprint density at radius 2 is 2.05 bits per heavy atom. The Hall–Kier alpha value is -1.09. The second-order valence-corrected chi connectivity index (χ2v) is 7.02. The highest BCUT2D eigenvalue weighted by Crippen LogP contribution is 2.43. The quantitative estimate of drug-likeness (QED) is 0.877. The Morgan fingerprint density at radius 3 is 2.65 bits per heavy atom. The predicted octanol–water partition coefficient (Wildman–Crippen LogP) is 3.84. The summed E-state index contributed by atoms with van der Waals surface area (Å²) >= 11 is 0. The van der Waals surface area contributed by atoms with Crippen molar-refractivity contribution in [2.24, 2.45) is 11.3 Å². The topological polar surface area (TPSA) is 50.9 Å². The van der Waals surface area contributed by atoms with Gasteiger partial charge in [0.25, 0.3) is 0 Å². The predicted molar refractivity (Wildman–Crippen MR) is 85.5 cm³/mol. The minimum Gasteiger partial charge on any atom is -0.383 e. The Morgan fingerprint density at radius 1 is 1.40 bits per heavy atom. The first-order valence-corrected chi connectivity index (χ1v) is 7.88. The molecule has 1 unspecified atom stereocenters. The van der Waals surface area contributed by atoms with Gasteiger partial charge in [-0.3, -0.25) is 0 Å². The highest BCUT2D eigenvalue weighted by Gasteiger charge is 2.32. The SMILES string of the molecule is CCNC(c1cc(C)cnc1N)C1CCC(C)(C)CC1. The van der Waals surface area contributed by atoms with Gasteiger partial charge in [-0.05, 0) is 62.1 Å². The van der Waals surface area contributed by atoms with Crippen LogP contribution < -0.4 is 11.1 Å². The number of anilines is 1. The molecule has 1 aromatic rings. The van der Waals surface area contributed by atoms with Gasteiger partial charge in [-0.2, -0.15) is 0 Å². The second-order valence-electron chi connectivity index (χ2n) is 7.02. The van der Waals surface area contributed by atoms with Gasteiger partial charge >= 0.3 is 0 Å². The van der Waals surface area contributed by atoms with Crippen molar-refractivity contribution in [3.63, 3.8) is 0 Å². The Kier molecular flexibility index (Phi) is 4.69. The normalized spacial score (nSPS) is 20.8. The largest absolute Gasteiger partial charge is 0.383 e. The fourth-order valence-electron chi connectivity index (χ4n) is 3.36. The van der Waals surface area contributed by atoms with Crippen molar-refractivity contribution >= 4 is 5.82 Å². The van der Waals surface area contributed by atoms with Crippen LogP contribution in [0, 0.1) is 18.3 Å². The van der Waals surface area contributed by atoms with Crippen LogP contribution in [0.3, 0.4) is 0 Å². The molecule has 0 aliphatic heterocycles. The van der Waals surface area contributed by atoms with Gasteiger partial charge in [-0.25, -0.2) is 4.98 Å². The van der Waals surface area contributed by atoms with Crippen molar-refractivity contribution in [3.8, 4) is 0 Å². The number of aryl methyl sites for hydroxylation is 1. The Labute approximate surface area is 123 Å². The summed E-state index contributed by atoms with van der Waals surface area (Å²) in [5.74, 6) is 1.36. The van der Waals surface area contributed by atoms with E-state index in [1.165, 1.54) is 36.8 Å². The van der Waals surface area contributed by atoms with Crippen LogP contribution in [0.5, 0.6) is 0 Å². The van der Waals surface area contributed by atoms with Crippen LogP contribution >= 0.6 is 0 Å². The molecule has 1 atom stereocenters. The number of aromatic nitrogens is 1. The van der Waals surface area contributed by atoms with Crippen LogP contribution in [0.25, 0.3) is 0 Å². The molecule has 3 N–H and O–H groups in total. The van der Waals surface area contributed by atoms with Crippen LogP contribution in [0.2, 0.25) is 0 Å². The first-order chi connectivity index (χ1) is 9.43. The van der Waals surface area contributed by atoms with E-state index in [1.54, 1.807) is 0 Å². The molecule has 0 saturated heterocycles. The fourth-order valence-corrected chi connectivity index (χ4v) is 3.36. The molecule has 1 saturated carbocycles. The van der Waals surface area contributed by atoms with Gasteiger partial charge in [-0.1, -0.05) is 20.8 Å². The summed E-state index contributed by atoms with van der Waals surface area (Å²) in [6.07, 6.45) is 7.01. The van der Waals surface area contributed by atoms with Crippen LogP contribution in [0.15, 0.2) is 12.3 Å². The molecule has 1 aliphatic carbocycles. The lowest BCUT2D eigenvalue weighted by atomic mass is 9.70. The number of rotatable bonds is 4. The molecule has 0 bridgehead atoms. The van der Waals surface area contributed by atoms with Crippen LogP contribution in [-0.4, -0.2) is 11.5 Å². The molecule has 3 nitrogen and oxygen atoms in total. The van der Waals surface area contributed by atoms with Crippen LogP contribution in [0.1, 0.15) is 63.6 Å². The zero-order valence-corrected chi connectivity index (χ0v) is 13.4. The summed E-state index contributed by atoms with van der Waals surface area (Å²) in [6, 6.07) is 2.55. The smallest absolute Gasteiger partial charge is 0.128 e. The lowest BCUT2D eigenvalue weighted by molar-refractivity contribution is 0.162. The van der Waals surface area contributed by atoms with E-state index < -0.39 is 0 Å². The zero-order chi connectivity index (χ0) is 14.8. The van der Waals surface area contributed by atoms with E-state index in [-0.39, 0.29) is 0 Å². The molecule has 112 valence electrons. The Balaban J connectivity index is 2.21. The molecule has 1 fully saturated rings. The lowest BCUT2D eigenvalue weighted by Crippen LogP contribution is -2.33. The maximum Gasteiger partial charge on any atom is 0.128 e. The average Bonchev–Trinajstić information content (AvgIpc) is 2.40. The number of hydrogen-bond acceptors (Lipinski definition) is 3. The third-order valence-electron chi connectivity index (χ3n) is 4.70. The minimum absolute atomic E-state index is 0.350. The summed E-state index contributed by atoms with van der Waals surface area (Å²) in [5, 5.41) is 3.64. The molecule has 0 aromatic carbocycles. The van der Waals surface area contributed by atoms with E-state index in [9.17, 15) is 0 Å². The van der Waals surface area contributed by atoms with Gasteiger partial charge in [0, 0.05) is 17.8 Å². The standard InChI is InChI=1S/C17H29N3/c1-5-19-15(13-6-8-17(3,4)9-7-13)14-10-12(2)11-20-16(14)18/h10-11,13,15,19H,5-9H2,1-4H3,(H2,18,20). The number of pyridine rings is 1. The first-order valence-electron chi connectivity index (χ1n) is 7.88. The molecule has 2 rings (SSSR count). The van der Waals surface area contributed by atoms with Crippen molar-refractivity contribution in [2.45, 2.75) is 59.4 Å². The van der Waals surface area contributed by atoms with Gasteiger partial charge in [0.1, 0.15) is 5.82 Å². The summed E-state index contributed by atoms with van der Waals surface area (Å²) in [5.41, 5.74) is 9.01. The van der Waals surface area contributed by atoms with Gasteiger partial charge in [-0.15, -0.1) is 0 Å². The number of nitrogens with one attached hydrogen (secondary N) is 1. The summed E-state index contributed by atoms with van der Waals surface area (Å²) in [7, 11) is 0. The monoisotopic (exact) mass is 275 g/mol. The van der Waals surface area contributed by atoms with Gasteiger partial charge in [0.05, 0.1) is 0 Å². The van der Waals surface area contributed by atoms with E-state index in [1.807, 2.05) is 6.20 Å². The number of nitrogens with two attached hydrogens (primary N) is 1. The van der Waals surface area contributed by atoms with Crippen LogP contribution in [0.4, 0.5) is 5.82 Å². The summed E-state index contributed by atoms with van der Waals surface area (Å²) < 4.78 is 0. The Bertz CT molecular complexity index is 444. The molecular formula is C17H29N3. The van der Waals surface area contributed by atoms with Crippen molar-refractivity contribution in [1.82, 2.24) is 10.3 Å². The van der Waals surface area contributed by atoms with E-state index >= 15 is 0 Å².